The molecule has 0 radical (unpaired) electrons. The number of nitrogens with zero attached hydrogens (tertiary/aromatic N) is 2. The topological polar surface area (TPSA) is 66.9 Å². The highest BCUT2D eigenvalue weighted by atomic mass is 32.2. The normalized spacial score (nSPS) is 22.9. The lowest BCUT2D eigenvalue weighted by Gasteiger charge is -2.35. The number of hydrogen-bond acceptors (Lipinski definition) is 5. The minimum Gasteiger partial charge on any atom is -0.492 e. The van der Waals surface area contributed by atoms with Crippen LogP contribution in [0.1, 0.15) is 6.42 Å². The van der Waals surface area contributed by atoms with E-state index in [2.05, 4.69) is 4.90 Å². The summed E-state index contributed by atoms with van der Waals surface area (Å²) in [7, 11) is -3.09. The second-order valence-corrected chi connectivity index (χ2v) is 8.44. The van der Waals surface area contributed by atoms with Crippen LogP contribution in [-0.2, 0) is 14.6 Å². The number of piperazine rings is 1. The van der Waals surface area contributed by atoms with Crippen LogP contribution in [0, 0.1) is 5.92 Å². The number of carbonyl (C=O) groups excluding carboxylic acids is 1. The molecule has 25 heavy (non-hydrogen) atoms. The number of ether oxygens (including phenoxy) is 1. The van der Waals surface area contributed by atoms with Crippen molar-refractivity contribution < 1.29 is 17.9 Å². The lowest BCUT2D eigenvalue weighted by Crippen LogP contribution is -2.49. The molecule has 3 rings (SSSR count). The molecular weight excluding hydrogens is 340 g/mol. The summed E-state index contributed by atoms with van der Waals surface area (Å²) in [6.07, 6.45) is 1.93. The van der Waals surface area contributed by atoms with E-state index < -0.39 is 9.84 Å². The molecule has 2 heterocycles. The summed E-state index contributed by atoms with van der Waals surface area (Å²) in [6, 6.07) is 9.73. The van der Waals surface area contributed by atoms with Crippen LogP contribution in [-0.4, -0.2) is 69.2 Å². The van der Waals surface area contributed by atoms with Gasteiger partial charge in [-0.05, 0) is 12.1 Å². The molecule has 1 fully saturated rings. The fraction of sp³-hybridized carbons (Fsp3) is 0.500. The van der Waals surface area contributed by atoms with Gasteiger partial charge in [0.05, 0.1) is 5.75 Å². The number of para-hydroxylation sites is 1. The van der Waals surface area contributed by atoms with Gasteiger partial charge >= 0.3 is 0 Å². The van der Waals surface area contributed by atoms with Gasteiger partial charge in [0.1, 0.15) is 12.4 Å². The minimum absolute atomic E-state index is 0.0481. The second-order valence-electron chi connectivity index (χ2n) is 6.51. The lowest BCUT2D eigenvalue weighted by atomic mass is 10.1. The molecule has 0 aromatic heterocycles. The highest BCUT2D eigenvalue weighted by Crippen LogP contribution is 2.19. The number of hydrogen-bond donors (Lipinski definition) is 0. The van der Waals surface area contributed by atoms with Crippen LogP contribution in [0.25, 0.3) is 0 Å². The van der Waals surface area contributed by atoms with Crippen LogP contribution in [0.3, 0.4) is 0 Å². The molecule has 0 aliphatic carbocycles. The number of carbonyl (C=O) groups is 1. The van der Waals surface area contributed by atoms with Crippen molar-refractivity contribution in [2.75, 3.05) is 45.1 Å². The average molecular weight is 364 g/mol. The van der Waals surface area contributed by atoms with Gasteiger partial charge in [-0.1, -0.05) is 24.3 Å². The molecule has 0 spiro atoms. The summed E-state index contributed by atoms with van der Waals surface area (Å²) < 4.78 is 28.5. The third-order valence-electron chi connectivity index (χ3n) is 4.59. The third kappa shape index (κ3) is 5.31. The van der Waals surface area contributed by atoms with E-state index >= 15 is 0 Å². The third-order valence-corrected chi connectivity index (χ3v) is 6.05. The fourth-order valence-electron chi connectivity index (χ4n) is 3.15. The SMILES string of the molecule is O=C(CC1C=CS(=O)(=O)C1)N1CCN(CCOc2ccccc2)CC1. The van der Waals surface area contributed by atoms with E-state index in [0.29, 0.717) is 19.7 Å². The Morgan fingerprint density at radius 3 is 2.48 bits per heavy atom. The molecule has 2 aliphatic rings. The minimum atomic E-state index is -3.09. The molecule has 0 saturated carbocycles. The summed E-state index contributed by atoms with van der Waals surface area (Å²) in [5, 5.41) is 1.23. The zero-order valence-corrected chi connectivity index (χ0v) is 15.0. The Morgan fingerprint density at radius 1 is 1.12 bits per heavy atom. The first kappa shape index (κ1) is 17.9. The number of allylic oxidation sites excluding steroid dienone is 1. The van der Waals surface area contributed by atoms with Crippen molar-refractivity contribution in [2.24, 2.45) is 5.92 Å². The molecule has 0 bridgehead atoms. The molecule has 1 amide bonds. The van der Waals surface area contributed by atoms with E-state index in [-0.39, 0.29) is 24.0 Å². The summed E-state index contributed by atoms with van der Waals surface area (Å²) in [5.74, 6) is 0.813. The molecule has 6 nitrogen and oxygen atoms in total. The van der Waals surface area contributed by atoms with Crippen molar-refractivity contribution in [3.8, 4) is 5.75 Å². The van der Waals surface area contributed by atoms with Gasteiger partial charge < -0.3 is 9.64 Å². The highest BCUT2D eigenvalue weighted by Gasteiger charge is 2.27. The van der Waals surface area contributed by atoms with Gasteiger partial charge in [-0.25, -0.2) is 8.42 Å². The van der Waals surface area contributed by atoms with Gasteiger partial charge in [-0.15, -0.1) is 0 Å². The number of benzene rings is 1. The zero-order valence-electron chi connectivity index (χ0n) is 14.2. The summed E-state index contributed by atoms with van der Waals surface area (Å²) in [5.41, 5.74) is 0. The van der Waals surface area contributed by atoms with E-state index in [1.165, 1.54) is 5.41 Å². The molecule has 1 aromatic rings. The van der Waals surface area contributed by atoms with Crippen molar-refractivity contribution in [1.29, 1.82) is 0 Å². The average Bonchev–Trinajstić information content (AvgIpc) is 2.95. The van der Waals surface area contributed by atoms with E-state index in [1.807, 2.05) is 35.2 Å². The van der Waals surface area contributed by atoms with Gasteiger partial charge in [0.2, 0.25) is 5.91 Å². The van der Waals surface area contributed by atoms with Crippen molar-refractivity contribution in [3.63, 3.8) is 0 Å². The van der Waals surface area contributed by atoms with Crippen LogP contribution >= 0.6 is 0 Å². The van der Waals surface area contributed by atoms with Gasteiger partial charge in [0.25, 0.3) is 0 Å². The molecule has 7 heteroatoms. The van der Waals surface area contributed by atoms with Crippen molar-refractivity contribution in [1.82, 2.24) is 9.80 Å². The summed E-state index contributed by atoms with van der Waals surface area (Å²) in [4.78, 5) is 16.4. The molecule has 1 aromatic carbocycles. The first-order chi connectivity index (χ1) is 12.0. The number of sulfone groups is 1. The second kappa shape index (κ2) is 8.01. The quantitative estimate of drug-likeness (QED) is 0.758. The summed E-state index contributed by atoms with van der Waals surface area (Å²) in [6.45, 7) is 4.48. The van der Waals surface area contributed by atoms with Crippen LogP contribution in [0.5, 0.6) is 5.75 Å². The maximum atomic E-state index is 12.3. The van der Waals surface area contributed by atoms with Crippen LogP contribution < -0.4 is 4.74 Å². The van der Waals surface area contributed by atoms with E-state index in [0.717, 1.165) is 25.4 Å². The van der Waals surface area contributed by atoms with Crippen molar-refractivity contribution in [3.05, 3.63) is 41.8 Å². The van der Waals surface area contributed by atoms with Crippen LogP contribution in [0.4, 0.5) is 0 Å². The molecule has 2 aliphatic heterocycles. The largest absolute Gasteiger partial charge is 0.492 e. The smallest absolute Gasteiger partial charge is 0.223 e. The highest BCUT2D eigenvalue weighted by molar-refractivity contribution is 7.94. The van der Waals surface area contributed by atoms with Gasteiger partial charge in [-0.2, -0.15) is 0 Å². The van der Waals surface area contributed by atoms with Crippen molar-refractivity contribution in [2.45, 2.75) is 6.42 Å². The van der Waals surface area contributed by atoms with E-state index in [9.17, 15) is 13.2 Å². The standard InChI is InChI=1S/C18H24N2O4S/c21-18(14-16-6-13-25(22,23)15-16)20-9-7-19(8-10-20)11-12-24-17-4-2-1-3-5-17/h1-6,13,16H,7-12,14-15H2. The van der Waals surface area contributed by atoms with Crippen LogP contribution in [0.2, 0.25) is 0 Å². The Labute approximate surface area is 149 Å². The van der Waals surface area contributed by atoms with Crippen LogP contribution in [0.15, 0.2) is 41.8 Å². The van der Waals surface area contributed by atoms with Gasteiger partial charge in [0, 0.05) is 50.5 Å². The molecule has 1 unspecified atom stereocenters. The van der Waals surface area contributed by atoms with E-state index in [4.69, 9.17) is 4.74 Å². The monoisotopic (exact) mass is 364 g/mol. The number of rotatable bonds is 6. The lowest BCUT2D eigenvalue weighted by molar-refractivity contribution is -0.133. The predicted molar refractivity (Wildman–Crippen MR) is 96.0 cm³/mol. The zero-order chi connectivity index (χ0) is 17.7. The Morgan fingerprint density at radius 2 is 1.84 bits per heavy atom. The first-order valence-electron chi connectivity index (χ1n) is 8.61. The van der Waals surface area contributed by atoms with Crippen molar-refractivity contribution >= 4 is 15.7 Å². The predicted octanol–water partition coefficient (Wildman–Crippen LogP) is 1.16. The van der Waals surface area contributed by atoms with Gasteiger partial charge in [0.15, 0.2) is 9.84 Å². The fourth-order valence-corrected chi connectivity index (χ4v) is 4.55. The Bertz CT molecular complexity index is 710. The molecule has 1 saturated heterocycles. The first-order valence-corrected chi connectivity index (χ1v) is 10.3. The Hall–Kier alpha value is -1.86. The molecule has 1 atom stereocenters. The number of amides is 1. The van der Waals surface area contributed by atoms with E-state index in [1.54, 1.807) is 6.08 Å². The Kier molecular flexibility index (Phi) is 5.75. The summed E-state index contributed by atoms with van der Waals surface area (Å²) >= 11 is 0. The Balaban J connectivity index is 1.35. The molecule has 0 N–H and O–H groups in total. The maximum Gasteiger partial charge on any atom is 0.223 e. The van der Waals surface area contributed by atoms with Gasteiger partial charge in [-0.3, -0.25) is 9.69 Å². The molecule has 136 valence electrons. The maximum absolute atomic E-state index is 12.3. The molecular formula is C18H24N2O4S.